The third-order valence-electron chi connectivity index (χ3n) is 11.0. The van der Waals surface area contributed by atoms with Crippen LogP contribution in [0.2, 0.25) is 0 Å². The summed E-state index contributed by atoms with van der Waals surface area (Å²) in [5.74, 6) is 0. The fourth-order valence-corrected chi connectivity index (χ4v) is 7.63. The van der Waals surface area contributed by atoms with Crippen LogP contribution in [0.15, 0.2) is 176 Å². The molecule has 1 nitrogen and oxygen atoms in total. The van der Waals surface area contributed by atoms with E-state index in [0.29, 0.717) is 0 Å². The van der Waals surface area contributed by atoms with Crippen LogP contribution in [-0.2, 0) is 10.8 Å². The molecule has 7 aromatic carbocycles. The van der Waals surface area contributed by atoms with Crippen molar-refractivity contribution in [2.45, 2.75) is 38.5 Å². The molecule has 0 heterocycles. The molecule has 49 heavy (non-hydrogen) atoms. The highest BCUT2D eigenvalue weighted by molar-refractivity contribution is 5.90. The second-order valence-corrected chi connectivity index (χ2v) is 14.2. The summed E-state index contributed by atoms with van der Waals surface area (Å²) in [7, 11) is 0. The van der Waals surface area contributed by atoms with E-state index in [1.54, 1.807) is 0 Å². The topological polar surface area (TPSA) is 3.24 Å². The molecule has 0 aromatic heterocycles. The molecular formula is C48H41N. The van der Waals surface area contributed by atoms with Crippen LogP contribution in [-0.4, -0.2) is 0 Å². The highest BCUT2D eigenvalue weighted by Gasteiger charge is 2.45. The minimum atomic E-state index is -0.0643. The number of rotatable bonds is 6. The van der Waals surface area contributed by atoms with Gasteiger partial charge >= 0.3 is 0 Å². The van der Waals surface area contributed by atoms with Crippen molar-refractivity contribution < 1.29 is 0 Å². The number of para-hydroxylation sites is 2. The van der Waals surface area contributed by atoms with Crippen molar-refractivity contribution in [3.63, 3.8) is 0 Å². The fraction of sp³-hybridized carbons (Fsp3) is 0.125. The second-order valence-electron chi connectivity index (χ2n) is 14.2. The Balaban J connectivity index is 1.25. The van der Waals surface area contributed by atoms with E-state index in [0.717, 1.165) is 17.1 Å². The minimum Gasteiger partial charge on any atom is -0.310 e. The first-order valence-corrected chi connectivity index (χ1v) is 17.3. The van der Waals surface area contributed by atoms with Crippen LogP contribution < -0.4 is 4.90 Å². The highest BCUT2D eigenvalue weighted by Crippen LogP contribution is 2.54. The molecule has 238 valence electrons. The largest absolute Gasteiger partial charge is 0.310 e. The van der Waals surface area contributed by atoms with Crippen LogP contribution in [0.1, 0.15) is 38.8 Å². The Kier molecular flexibility index (Phi) is 7.57. The Morgan fingerprint density at radius 2 is 0.816 bits per heavy atom. The van der Waals surface area contributed by atoms with Gasteiger partial charge in [-0.1, -0.05) is 167 Å². The highest BCUT2D eigenvalue weighted by atomic mass is 15.1. The lowest BCUT2D eigenvalue weighted by Crippen LogP contribution is -2.43. The Labute approximate surface area is 291 Å². The number of hydrogen-bond acceptors (Lipinski definition) is 1. The van der Waals surface area contributed by atoms with Gasteiger partial charge < -0.3 is 4.90 Å². The number of fused-ring (bicyclic) bond motifs is 3. The van der Waals surface area contributed by atoms with E-state index < -0.39 is 0 Å². The number of hydrogen-bond donors (Lipinski definition) is 0. The molecule has 0 unspecified atom stereocenters. The molecule has 0 fully saturated rings. The van der Waals surface area contributed by atoms with E-state index in [9.17, 15) is 0 Å². The molecular weight excluding hydrogens is 591 g/mol. The Hall–Kier alpha value is -5.66. The molecule has 0 aliphatic heterocycles. The lowest BCUT2D eigenvalue weighted by Gasteiger charge is -2.48. The van der Waals surface area contributed by atoms with Crippen LogP contribution >= 0.6 is 0 Å². The molecule has 1 heteroatoms. The van der Waals surface area contributed by atoms with Crippen molar-refractivity contribution in [2.24, 2.45) is 0 Å². The summed E-state index contributed by atoms with van der Waals surface area (Å²) >= 11 is 0. The SMILES string of the molecule is CC1(C)c2ccccc2-c2ccc(-c3ccccc3N(c3ccccc3)c3cccc(-c4ccc(-c5ccccc5)cc4)c3)cc2C1(C)C. The fourth-order valence-electron chi connectivity index (χ4n) is 7.63. The van der Waals surface area contributed by atoms with E-state index in [1.807, 2.05) is 0 Å². The molecule has 0 saturated heterocycles. The maximum atomic E-state index is 2.46. The smallest absolute Gasteiger partial charge is 0.0540 e. The van der Waals surface area contributed by atoms with Crippen molar-refractivity contribution >= 4 is 17.1 Å². The van der Waals surface area contributed by atoms with Crippen LogP contribution in [0.3, 0.4) is 0 Å². The van der Waals surface area contributed by atoms with Crippen molar-refractivity contribution in [1.29, 1.82) is 0 Å². The average Bonchev–Trinajstić information content (AvgIpc) is 3.15. The van der Waals surface area contributed by atoms with Crippen LogP contribution in [0.25, 0.3) is 44.5 Å². The molecule has 0 radical (unpaired) electrons. The van der Waals surface area contributed by atoms with E-state index >= 15 is 0 Å². The average molecular weight is 632 g/mol. The first kappa shape index (κ1) is 30.7. The number of benzene rings is 7. The quantitative estimate of drug-likeness (QED) is 0.176. The molecule has 0 spiro atoms. The van der Waals surface area contributed by atoms with Crippen LogP contribution in [0, 0.1) is 0 Å². The summed E-state index contributed by atoms with van der Waals surface area (Å²) in [6, 6.07) is 64.1. The van der Waals surface area contributed by atoms with Gasteiger partial charge in [-0.3, -0.25) is 0 Å². The van der Waals surface area contributed by atoms with E-state index in [-0.39, 0.29) is 10.8 Å². The van der Waals surface area contributed by atoms with Gasteiger partial charge in [0.1, 0.15) is 0 Å². The number of nitrogens with zero attached hydrogens (tertiary/aromatic N) is 1. The summed E-state index contributed by atoms with van der Waals surface area (Å²) in [4.78, 5) is 2.40. The van der Waals surface area contributed by atoms with Gasteiger partial charge in [0.25, 0.3) is 0 Å². The van der Waals surface area contributed by atoms with Crippen molar-refractivity contribution in [2.75, 3.05) is 4.90 Å². The summed E-state index contributed by atoms with van der Waals surface area (Å²) in [5, 5.41) is 0. The summed E-state index contributed by atoms with van der Waals surface area (Å²) in [6.45, 7) is 9.61. The molecule has 0 bridgehead atoms. The van der Waals surface area contributed by atoms with E-state index in [1.165, 1.54) is 55.6 Å². The Morgan fingerprint density at radius 1 is 0.327 bits per heavy atom. The first-order valence-electron chi connectivity index (χ1n) is 17.3. The van der Waals surface area contributed by atoms with E-state index in [2.05, 4.69) is 209 Å². The molecule has 0 N–H and O–H groups in total. The minimum absolute atomic E-state index is 0.0233. The zero-order chi connectivity index (χ0) is 33.6. The molecule has 0 saturated carbocycles. The maximum absolute atomic E-state index is 2.46. The molecule has 8 rings (SSSR count). The van der Waals surface area contributed by atoms with Crippen LogP contribution in [0.5, 0.6) is 0 Å². The van der Waals surface area contributed by atoms with Gasteiger partial charge in [-0.05, 0) is 97.3 Å². The van der Waals surface area contributed by atoms with Crippen molar-refractivity contribution in [3.05, 3.63) is 187 Å². The van der Waals surface area contributed by atoms with Crippen molar-refractivity contribution in [1.82, 2.24) is 0 Å². The van der Waals surface area contributed by atoms with E-state index in [4.69, 9.17) is 0 Å². The predicted octanol–water partition coefficient (Wildman–Crippen LogP) is 13.4. The first-order chi connectivity index (χ1) is 23.8. The normalized spacial score (nSPS) is 14.0. The molecule has 1 aliphatic rings. The third kappa shape index (κ3) is 5.27. The summed E-state index contributed by atoms with van der Waals surface area (Å²) in [5.41, 5.74) is 16.1. The Morgan fingerprint density at radius 3 is 1.55 bits per heavy atom. The van der Waals surface area contributed by atoms with Gasteiger partial charge in [-0.15, -0.1) is 0 Å². The van der Waals surface area contributed by atoms with Gasteiger partial charge in [0.05, 0.1) is 5.69 Å². The van der Waals surface area contributed by atoms with Gasteiger partial charge in [0.15, 0.2) is 0 Å². The van der Waals surface area contributed by atoms with Gasteiger partial charge in [0, 0.05) is 16.9 Å². The summed E-state index contributed by atoms with van der Waals surface area (Å²) < 4.78 is 0. The van der Waals surface area contributed by atoms with Gasteiger partial charge in [0.2, 0.25) is 0 Å². The van der Waals surface area contributed by atoms with Gasteiger partial charge in [-0.2, -0.15) is 0 Å². The molecule has 0 atom stereocenters. The zero-order valence-corrected chi connectivity index (χ0v) is 28.7. The lowest BCUT2D eigenvalue weighted by atomic mass is 9.55. The standard InChI is InChI=1S/C48H41N/c1-47(2)44-24-13-11-23-42(44)43-31-30-38(33-45(43)48(47,3)4)41-22-12-14-25-46(41)49(39-19-9-6-10-20-39)40-21-15-18-37(32-40)36-28-26-35(27-29-36)34-16-7-5-8-17-34/h5-33H,1-4H3. The molecule has 0 amide bonds. The number of anilines is 3. The monoisotopic (exact) mass is 631 g/mol. The predicted molar refractivity (Wildman–Crippen MR) is 209 cm³/mol. The zero-order valence-electron chi connectivity index (χ0n) is 28.7. The molecule has 1 aliphatic carbocycles. The Bertz CT molecular complexity index is 2260. The second kappa shape index (κ2) is 12.1. The van der Waals surface area contributed by atoms with Crippen molar-refractivity contribution in [3.8, 4) is 44.5 Å². The maximum Gasteiger partial charge on any atom is 0.0540 e. The van der Waals surface area contributed by atoms with Gasteiger partial charge in [-0.25, -0.2) is 0 Å². The third-order valence-corrected chi connectivity index (χ3v) is 11.0. The lowest BCUT2D eigenvalue weighted by molar-refractivity contribution is 0.299. The summed E-state index contributed by atoms with van der Waals surface area (Å²) in [6.07, 6.45) is 0. The molecule has 7 aromatic rings. The van der Waals surface area contributed by atoms with Crippen LogP contribution in [0.4, 0.5) is 17.1 Å².